The Bertz CT molecular complexity index is 1000. The van der Waals surface area contributed by atoms with Crippen molar-refractivity contribution >= 4 is 28.1 Å². The highest BCUT2D eigenvalue weighted by Crippen LogP contribution is 2.44. The highest BCUT2D eigenvalue weighted by molar-refractivity contribution is 9.10. The summed E-state index contributed by atoms with van der Waals surface area (Å²) in [6.45, 7) is 0.861. The molecule has 5 heteroatoms. The summed E-state index contributed by atoms with van der Waals surface area (Å²) in [6.07, 6.45) is 6.12. The molecular formula is C24H21BrN2O2. The molecular weight excluding hydrogens is 428 g/mol. The van der Waals surface area contributed by atoms with Crippen molar-refractivity contribution in [3.8, 4) is 11.1 Å². The van der Waals surface area contributed by atoms with Crippen LogP contribution < -0.4 is 5.32 Å². The van der Waals surface area contributed by atoms with Crippen molar-refractivity contribution < 1.29 is 9.53 Å². The number of halogens is 1. The van der Waals surface area contributed by atoms with E-state index in [0.29, 0.717) is 13.2 Å². The zero-order valence-electron chi connectivity index (χ0n) is 15.8. The first-order chi connectivity index (χ1) is 14.2. The minimum absolute atomic E-state index is 0.0817. The molecule has 29 heavy (non-hydrogen) atoms. The quantitative estimate of drug-likeness (QED) is 0.383. The Morgan fingerprint density at radius 3 is 2.45 bits per heavy atom. The standard InChI is InChI=1S/C24H21BrN2O2/c25-23-15-17(12-14-26-23)7-5-6-13-27-24(28)29-16-22-20-10-3-1-8-18(20)19-9-2-4-11-21(19)22/h1-5,7-12,14-15,22H,6,13,16H2,(H,27,28). The number of benzene rings is 2. The minimum Gasteiger partial charge on any atom is -0.449 e. The molecule has 0 aliphatic heterocycles. The number of hydrogen-bond donors (Lipinski definition) is 1. The highest BCUT2D eigenvalue weighted by Gasteiger charge is 2.28. The van der Waals surface area contributed by atoms with E-state index in [1.807, 2.05) is 48.6 Å². The molecule has 4 nitrogen and oxygen atoms in total. The Labute approximate surface area is 178 Å². The first-order valence-electron chi connectivity index (χ1n) is 9.59. The summed E-state index contributed by atoms with van der Waals surface area (Å²) in [6, 6.07) is 20.5. The Hall–Kier alpha value is -2.92. The van der Waals surface area contributed by atoms with Crippen LogP contribution in [0.25, 0.3) is 17.2 Å². The second kappa shape index (κ2) is 9.05. The van der Waals surface area contributed by atoms with Gasteiger partial charge in [0.2, 0.25) is 0 Å². The summed E-state index contributed by atoms with van der Waals surface area (Å²) in [5, 5.41) is 2.82. The van der Waals surface area contributed by atoms with Crippen LogP contribution in [0.5, 0.6) is 0 Å². The highest BCUT2D eigenvalue weighted by atomic mass is 79.9. The molecule has 4 rings (SSSR count). The number of alkyl carbamates (subject to hydrolysis) is 1. The maximum atomic E-state index is 12.1. The molecule has 0 atom stereocenters. The number of nitrogens with zero attached hydrogens (tertiary/aromatic N) is 1. The molecule has 1 amide bonds. The zero-order valence-corrected chi connectivity index (χ0v) is 17.4. The van der Waals surface area contributed by atoms with Gasteiger partial charge in [-0.1, -0.05) is 60.7 Å². The van der Waals surface area contributed by atoms with E-state index < -0.39 is 0 Å². The van der Waals surface area contributed by atoms with Gasteiger partial charge in [0.15, 0.2) is 0 Å². The topological polar surface area (TPSA) is 51.2 Å². The van der Waals surface area contributed by atoms with Crippen molar-refractivity contribution in [3.63, 3.8) is 0 Å². The van der Waals surface area contributed by atoms with Crippen molar-refractivity contribution in [2.75, 3.05) is 13.2 Å². The minimum atomic E-state index is -0.382. The Kier molecular flexibility index (Phi) is 6.06. The van der Waals surface area contributed by atoms with Crippen molar-refractivity contribution in [2.24, 2.45) is 0 Å². The number of rotatable bonds is 6. The van der Waals surface area contributed by atoms with E-state index in [2.05, 4.69) is 50.5 Å². The SMILES string of the molecule is O=C(NCCC=Cc1ccnc(Br)c1)OCC1c2ccccc2-c2ccccc21. The van der Waals surface area contributed by atoms with Crippen LogP contribution in [0, 0.1) is 0 Å². The molecule has 1 heterocycles. The summed E-state index contributed by atoms with van der Waals surface area (Å²) < 4.78 is 6.33. The fourth-order valence-electron chi connectivity index (χ4n) is 3.65. The number of carbonyl (C=O) groups excluding carboxylic acids is 1. The van der Waals surface area contributed by atoms with Crippen LogP contribution in [0.15, 0.2) is 77.5 Å². The molecule has 3 aromatic rings. The van der Waals surface area contributed by atoms with E-state index in [1.165, 1.54) is 22.3 Å². The third-order valence-electron chi connectivity index (χ3n) is 4.98. The molecule has 0 bridgehead atoms. The van der Waals surface area contributed by atoms with Crippen LogP contribution in [-0.2, 0) is 4.74 Å². The molecule has 0 fully saturated rings. The lowest BCUT2D eigenvalue weighted by molar-refractivity contribution is 0.143. The molecule has 1 aliphatic rings. The number of pyridine rings is 1. The van der Waals surface area contributed by atoms with Gasteiger partial charge in [0.25, 0.3) is 0 Å². The lowest BCUT2D eigenvalue weighted by atomic mass is 9.98. The number of aromatic nitrogens is 1. The summed E-state index contributed by atoms with van der Waals surface area (Å²) in [4.78, 5) is 16.2. The van der Waals surface area contributed by atoms with Crippen molar-refractivity contribution in [3.05, 3.63) is 94.2 Å². The lowest BCUT2D eigenvalue weighted by Gasteiger charge is -2.14. The summed E-state index contributed by atoms with van der Waals surface area (Å²) in [5.74, 6) is 0.0817. The Morgan fingerprint density at radius 1 is 1.07 bits per heavy atom. The molecule has 1 aromatic heterocycles. The molecule has 0 spiro atoms. The molecule has 146 valence electrons. The average Bonchev–Trinajstić information content (AvgIpc) is 3.06. The van der Waals surface area contributed by atoms with Gasteiger partial charge in [0, 0.05) is 18.7 Å². The van der Waals surface area contributed by atoms with E-state index in [0.717, 1.165) is 16.6 Å². The maximum absolute atomic E-state index is 12.1. The summed E-state index contributed by atoms with van der Waals surface area (Å²) >= 11 is 3.35. The van der Waals surface area contributed by atoms with Gasteiger partial charge in [-0.3, -0.25) is 0 Å². The smallest absolute Gasteiger partial charge is 0.407 e. The maximum Gasteiger partial charge on any atom is 0.407 e. The van der Waals surface area contributed by atoms with E-state index in [4.69, 9.17) is 4.74 Å². The third-order valence-corrected chi connectivity index (χ3v) is 5.42. The molecule has 0 saturated carbocycles. The average molecular weight is 449 g/mol. The van der Waals surface area contributed by atoms with Gasteiger partial charge < -0.3 is 10.1 Å². The van der Waals surface area contributed by atoms with E-state index >= 15 is 0 Å². The number of fused-ring (bicyclic) bond motifs is 3. The lowest BCUT2D eigenvalue weighted by Crippen LogP contribution is -2.26. The number of carbonyl (C=O) groups is 1. The van der Waals surface area contributed by atoms with Crippen LogP contribution in [0.3, 0.4) is 0 Å². The first kappa shape index (κ1) is 19.4. The second-order valence-corrected chi connectivity index (χ2v) is 7.67. The molecule has 0 radical (unpaired) electrons. The molecule has 2 aromatic carbocycles. The van der Waals surface area contributed by atoms with Crippen molar-refractivity contribution in [2.45, 2.75) is 12.3 Å². The predicted octanol–water partition coefficient (Wildman–Crippen LogP) is 5.79. The zero-order chi connectivity index (χ0) is 20.1. The normalized spacial score (nSPS) is 12.6. The van der Waals surface area contributed by atoms with Gasteiger partial charge in [-0.15, -0.1) is 0 Å². The van der Waals surface area contributed by atoms with Crippen LogP contribution >= 0.6 is 15.9 Å². The van der Waals surface area contributed by atoms with Gasteiger partial charge in [-0.25, -0.2) is 9.78 Å². The van der Waals surface area contributed by atoms with Gasteiger partial charge in [0.1, 0.15) is 11.2 Å². The molecule has 0 saturated heterocycles. The van der Waals surface area contributed by atoms with Crippen LogP contribution in [-0.4, -0.2) is 24.2 Å². The number of amides is 1. The van der Waals surface area contributed by atoms with Crippen LogP contribution in [0.1, 0.15) is 29.0 Å². The number of hydrogen-bond acceptors (Lipinski definition) is 3. The van der Waals surface area contributed by atoms with Crippen molar-refractivity contribution in [1.29, 1.82) is 0 Å². The first-order valence-corrected chi connectivity index (χ1v) is 10.4. The van der Waals surface area contributed by atoms with Gasteiger partial charge in [0.05, 0.1) is 0 Å². The van der Waals surface area contributed by atoms with Crippen LogP contribution in [0.4, 0.5) is 4.79 Å². The molecule has 1 N–H and O–H groups in total. The van der Waals surface area contributed by atoms with Gasteiger partial charge in [-0.05, 0) is 62.3 Å². The molecule has 1 aliphatic carbocycles. The van der Waals surface area contributed by atoms with Crippen LogP contribution in [0.2, 0.25) is 0 Å². The predicted molar refractivity (Wildman–Crippen MR) is 119 cm³/mol. The largest absolute Gasteiger partial charge is 0.449 e. The van der Waals surface area contributed by atoms with Crippen molar-refractivity contribution in [1.82, 2.24) is 10.3 Å². The fourth-order valence-corrected chi connectivity index (χ4v) is 4.03. The third kappa shape index (κ3) is 4.57. The fraction of sp³-hybridized carbons (Fsp3) is 0.167. The van der Waals surface area contributed by atoms with E-state index in [-0.39, 0.29) is 12.0 Å². The Morgan fingerprint density at radius 2 is 1.76 bits per heavy atom. The van der Waals surface area contributed by atoms with E-state index in [1.54, 1.807) is 6.20 Å². The summed E-state index contributed by atoms with van der Waals surface area (Å²) in [7, 11) is 0. The van der Waals surface area contributed by atoms with Gasteiger partial charge in [-0.2, -0.15) is 0 Å². The monoisotopic (exact) mass is 448 g/mol. The number of nitrogens with one attached hydrogen (secondary N) is 1. The van der Waals surface area contributed by atoms with E-state index in [9.17, 15) is 4.79 Å². The second-order valence-electron chi connectivity index (χ2n) is 6.86. The Balaban J connectivity index is 1.28. The van der Waals surface area contributed by atoms with Gasteiger partial charge >= 0.3 is 6.09 Å². The summed E-state index contributed by atoms with van der Waals surface area (Å²) in [5.41, 5.74) is 5.95. The molecule has 0 unspecified atom stereocenters. The number of ether oxygens (including phenoxy) is 1.